The zero-order valence-electron chi connectivity index (χ0n) is 15.8. The number of carbonyl (C=O) groups excluding carboxylic acids is 1. The Balaban J connectivity index is 1.97. The molecule has 0 amide bonds. The van der Waals surface area contributed by atoms with Gasteiger partial charge in [0.1, 0.15) is 11.3 Å². The van der Waals surface area contributed by atoms with E-state index in [1.807, 2.05) is 33.2 Å². The molecular formula is C20H24N4OS. The number of hydrogen-bond donors (Lipinski definition) is 2. The second kappa shape index (κ2) is 7.51. The number of fused-ring (bicyclic) bond motifs is 1. The van der Waals surface area contributed by atoms with Crippen molar-refractivity contribution in [1.82, 2.24) is 14.3 Å². The van der Waals surface area contributed by atoms with Gasteiger partial charge >= 0.3 is 0 Å². The van der Waals surface area contributed by atoms with E-state index < -0.39 is 0 Å². The standard InChI is InChI=1S/C20H24N4OS/c1-12-7-6-8-13(2)16(12)11-21-17-9-15(20(25)26-24(4)5)10-18-19(17)23-14(3)22-18/h6-10,21H,11H2,1-5H3,(H,22,23). The first kappa shape index (κ1) is 18.5. The van der Waals surface area contributed by atoms with Crippen LogP contribution in [-0.2, 0) is 6.54 Å². The SMILES string of the molecule is Cc1nc2c(NCc3c(C)cccc3C)cc(C(=O)SN(C)C)cc2[nH]1. The molecule has 5 nitrogen and oxygen atoms in total. The molecule has 0 spiro atoms. The van der Waals surface area contributed by atoms with Crippen molar-refractivity contribution < 1.29 is 4.79 Å². The zero-order valence-corrected chi connectivity index (χ0v) is 16.6. The lowest BCUT2D eigenvalue weighted by Crippen LogP contribution is -2.08. The highest BCUT2D eigenvalue weighted by Gasteiger charge is 2.15. The number of hydrogen-bond acceptors (Lipinski definition) is 5. The van der Waals surface area contributed by atoms with E-state index in [0.717, 1.165) is 22.5 Å². The average Bonchev–Trinajstić information content (AvgIpc) is 2.93. The monoisotopic (exact) mass is 368 g/mol. The second-order valence-corrected chi connectivity index (χ2v) is 7.94. The summed E-state index contributed by atoms with van der Waals surface area (Å²) in [5.74, 6) is 0.833. The smallest absolute Gasteiger partial charge is 0.234 e. The molecule has 26 heavy (non-hydrogen) atoms. The van der Waals surface area contributed by atoms with Crippen molar-refractivity contribution in [2.75, 3.05) is 19.4 Å². The summed E-state index contributed by atoms with van der Waals surface area (Å²) in [6.45, 7) is 6.85. The molecule has 0 aliphatic heterocycles. The number of H-pyrrole nitrogens is 1. The third-order valence-corrected chi connectivity index (χ3v) is 5.07. The predicted octanol–water partition coefficient (Wildman–Crippen LogP) is 4.45. The molecule has 0 aliphatic rings. The Morgan fingerprint density at radius 3 is 2.54 bits per heavy atom. The first-order chi connectivity index (χ1) is 12.3. The van der Waals surface area contributed by atoms with Crippen molar-refractivity contribution in [3.8, 4) is 0 Å². The van der Waals surface area contributed by atoms with E-state index in [2.05, 4.69) is 47.3 Å². The van der Waals surface area contributed by atoms with Crippen LogP contribution in [0.1, 0.15) is 32.9 Å². The quantitative estimate of drug-likeness (QED) is 0.652. The molecule has 0 fully saturated rings. The van der Waals surface area contributed by atoms with E-state index in [4.69, 9.17) is 0 Å². The fraction of sp³-hybridized carbons (Fsp3) is 0.300. The van der Waals surface area contributed by atoms with Crippen LogP contribution >= 0.6 is 11.9 Å². The molecule has 0 unspecified atom stereocenters. The summed E-state index contributed by atoms with van der Waals surface area (Å²) < 4.78 is 1.80. The van der Waals surface area contributed by atoms with Gasteiger partial charge in [-0.3, -0.25) is 4.79 Å². The highest BCUT2D eigenvalue weighted by Crippen LogP contribution is 2.27. The summed E-state index contributed by atoms with van der Waals surface area (Å²) >= 11 is 1.18. The maximum Gasteiger partial charge on any atom is 0.234 e. The lowest BCUT2D eigenvalue weighted by atomic mass is 10.0. The van der Waals surface area contributed by atoms with Crippen LogP contribution in [0.3, 0.4) is 0 Å². The maximum atomic E-state index is 12.5. The van der Waals surface area contributed by atoms with Gasteiger partial charge in [-0.25, -0.2) is 9.29 Å². The Labute approximate surface area is 158 Å². The fourth-order valence-electron chi connectivity index (χ4n) is 3.02. The summed E-state index contributed by atoms with van der Waals surface area (Å²) in [7, 11) is 3.73. The minimum atomic E-state index is 0.0132. The van der Waals surface area contributed by atoms with E-state index in [0.29, 0.717) is 12.1 Å². The van der Waals surface area contributed by atoms with Gasteiger partial charge in [-0.1, -0.05) is 18.2 Å². The van der Waals surface area contributed by atoms with Gasteiger partial charge < -0.3 is 10.3 Å². The second-order valence-electron chi connectivity index (χ2n) is 6.66. The minimum absolute atomic E-state index is 0.0132. The third kappa shape index (κ3) is 3.92. The van der Waals surface area contributed by atoms with Gasteiger partial charge in [0.05, 0.1) is 11.2 Å². The molecule has 3 rings (SSSR count). The number of carbonyl (C=O) groups is 1. The molecular weight excluding hydrogens is 344 g/mol. The normalized spacial score (nSPS) is 11.3. The van der Waals surface area contributed by atoms with Gasteiger partial charge in [-0.15, -0.1) is 0 Å². The molecule has 136 valence electrons. The van der Waals surface area contributed by atoms with Crippen LogP contribution in [0.4, 0.5) is 5.69 Å². The first-order valence-corrected chi connectivity index (χ1v) is 9.31. The van der Waals surface area contributed by atoms with Crippen molar-refractivity contribution >= 4 is 33.8 Å². The van der Waals surface area contributed by atoms with Crippen LogP contribution in [0.15, 0.2) is 30.3 Å². The van der Waals surface area contributed by atoms with E-state index in [-0.39, 0.29) is 5.12 Å². The van der Waals surface area contributed by atoms with Gasteiger partial charge in [-0.05, 0) is 63.7 Å². The third-order valence-electron chi connectivity index (χ3n) is 4.31. The van der Waals surface area contributed by atoms with Crippen LogP contribution in [-0.4, -0.2) is 33.5 Å². The highest BCUT2D eigenvalue weighted by molar-refractivity contribution is 8.12. The van der Waals surface area contributed by atoms with Crippen molar-refractivity contribution in [2.45, 2.75) is 27.3 Å². The van der Waals surface area contributed by atoms with Crippen molar-refractivity contribution in [3.63, 3.8) is 0 Å². The number of benzene rings is 2. The molecule has 6 heteroatoms. The number of aryl methyl sites for hydroxylation is 3. The van der Waals surface area contributed by atoms with Gasteiger partial charge in [0.2, 0.25) is 5.12 Å². The number of nitrogens with zero attached hydrogens (tertiary/aromatic N) is 2. The number of aromatic nitrogens is 2. The number of aromatic amines is 1. The van der Waals surface area contributed by atoms with Gasteiger partial charge in [0, 0.05) is 24.1 Å². The van der Waals surface area contributed by atoms with E-state index in [9.17, 15) is 4.79 Å². The number of anilines is 1. The van der Waals surface area contributed by atoms with Crippen molar-refractivity contribution in [2.24, 2.45) is 0 Å². The summed E-state index contributed by atoms with van der Waals surface area (Å²) in [6.07, 6.45) is 0. The van der Waals surface area contributed by atoms with Gasteiger partial charge in [0.25, 0.3) is 0 Å². The minimum Gasteiger partial charge on any atom is -0.379 e. The van der Waals surface area contributed by atoms with Crippen LogP contribution in [0, 0.1) is 20.8 Å². The summed E-state index contributed by atoms with van der Waals surface area (Å²) in [6, 6.07) is 10.1. The predicted molar refractivity (Wildman–Crippen MR) is 110 cm³/mol. The van der Waals surface area contributed by atoms with Crippen LogP contribution in [0.25, 0.3) is 11.0 Å². The lowest BCUT2D eigenvalue weighted by molar-refractivity contribution is 0.108. The molecule has 0 atom stereocenters. The Hall–Kier alpha value is -2.31. The summed E-state index contributed by atoms with van der Waals surface area (Å²) in [4.78, 5) is 20.3. The topological polar surface area (TPSA) is 61.0 Å². The van der Waals surface area contributed by atoms with Crippen LogP contribution in [0.2, 0.25) is 0 Å². The number of rotatable bonds is 5. The Bertz CT molecular complexity index is 942. The van der Waals surface area contributed by atoms with Crippen molar-refractivity contribution in [1.29, 1.82) is 0 Å². The Morgan fingerprint density at radius 2 is 1.88 bits per heavy atom. The summed E-state index contributed by atoms with van der Waals surface area (Å²) in [5, 5.41) is 3.50. The molecule has 2 aromatic carbocycles. The Morgan fingerprint density at radius 1 is 1.19 bits per heavy atom. The average molecular weight is 369 g/mol. The molecule has 1 heterocycles. The zero-order chi connectivity index (χ0) is 18.8. The van der Waals surface area contributed by atoms with Crippen LogP contribution in [0.5, 0.6) is 0 Å². The first-order valence-electron chi connectivity index (χ1n) is 8.54. The molecule has 3 aromatic rings. The largest absolute Gasteiger partial charge is 0.379 e. The summed E-state index contributed by atoms with van der Waals surface area (Å²) in [5.41, 5.74) is 7.04. The fourth-order valence-corrected chi connectivity index (χ4v) is 3.58. The van der Waals surface area contributed by atoms with E-state index in [1.165, 1.54) is 28.6 Å². The van der Waals surface area contributed by atoms with Crippen LogP contribution < -0.4 is 5.32 Å². The molecule has 0 saturated carbocycles. The number of imidazole rings is 1. The maximum absolute atomic E-state index is 12.5. The number of nitrogens with one attached hydrogen (secondary N) is 2. The molecule has 1 aromatic heterocycles. The molecule has 2 N–H and O–H groups in total. The van der Waals surface area contributed by atoms with Crippen molar-refractivity contribution in [3.05, 3.63) is 58.4 Å². The molecule has 0 saturated heterocycles. The van der Waals surface area contributed by atoms with Gasteiger partial charge in [-0.2, -0.15) is 0 Å². The van der Waals surface area contributed by atoms with Gasteiger partial charge in [0.15, 0.2) is 0 Å². The molecule has 0 aliphatic carbocycles. The molecule has 0 radical (unpaired) electrons. The van der Waals surface area contributed by atoms with E-state index in [1.54, 1.807) is 4.31 Å². The Kier molecular flexibility index (Phi) is 5.34. The van der Waals surface area contributed by atoms with E-state index >= 15 is 0 Å². The highest BCUT2D eigenvalue weighted by atomic mass is 32.2. The lowest BCUT2D eigenvalue weighted by Gasteiger charge is -2.14. The molecule has 0 bridgehead atoms.